The van der Waals surface area contributed by atoms with Gasteiger partial charge in [0, 0.05) is 46.1 Å². The summed E-state index contributed by atoms with van der Waals surface area (Å²) in [6.45, 7) is 4.34. The Hall–Kier alpha value is -3.50. The highest BCUT2D eigenvalue weighted by Gasteiger charge is 2.29. The zero-order valence-electron chi connectivity index (χ0n) is 18.5. The minimum atomic E-state index is -0.882. The summed E-state index contributed by atoms with van der Waals surface area (Å²) in [6.07, 6.45) is 3.33. The van der Waals surface area contributed by atoms with Crippen LogP contribution >= 0.6 is 11.3 Å². The molecule has 0 spiro atoms. The van der Waals surface area contributed by atoms with E-state index in [1.54, 1.807) is 17.4 Å². The second-order valence-corrected chi connectivity index (χ2v) is 9.62. The van der Waals surface area contributed by atoms with Crippen molar-refractivity contribution in [3.63, 3.8) is 0 Å². The van der Waals surface area contributed by atoms with Gasteiger partial charge in [-0.1, -0.05) is 6.92 Å². The van der Waals surface area contributed by atoms with Crippen molar-refractivity contribution in [1.29, 1.82) is 0 Å². The van der Waals surface area contributed by atoms with E-state index < -0.39 is 22.8 Å². The van der Waals surface area contributed by atoms with Gasteiger partial charge in [0.1, 0.15) is 18.0 Å². The zero-order chi connectivity index (χ0) is 23.9. The topological polar surface area (TPSA) is 91.8 Å². The molecular formula is C24H22F2N4O3S. The molecule has 1 aliphatic heterocycles. The molecule has 1 aliphatic rings. The molecule has 0 amide bonds. The summed E-state index contributed by atoms with van der Waals surface area (Å²) in [5, 5.41) is 14.8. The third-order valence-electron chi connectivity index (χ3n) is 5.69. The standard InChI is InChI=1S/C24H22F2N4O3S/c1-13-15(4-6-34-13)16-9-28-22-20(16)19(3-5-27-22)33-21-17(25)7-14(8-18(21)26)30-23-29-10-24(2,11-31)12-32-23/h3-9,31H,10-12H2,1-2H3,(H,27,28)(H,29,30)/t24-/m1/s1. The molecule has 0 fully saturated rings. The lowest BCUT2D eigenvalue weighted by Gasteiger charge is -2.30. The van der Waals surface area contributed by atoms with E-state index in [2.05, 4.69) is 20.3 Å². The highest BCUT2D eigenvalue weighted by Crippen LogP contribution is 2.40. The Morgan fingerprint density at radius 2 is 2.06 bits per heavy atom. The fourth-order valence-electron chi connectivity index (χ4n) is 3.72. The van der Waals surface area contributed by atoms with E-state index in [-0.39, 0.29) is 30.7 Å². The van der Waals surface area contributed by atoms with Crippen LogP contribution in [0.2, 0.25) is 0 Å². The Labute approximate surface area is 198 Å². The number of H-pyrrole nitrogens is 1. The highest BCUT2D eigenvalue weighted by molar-refractivity contribution is 7.10. The van der Waals surface area contributed by atoms with Crippen LogP contribution in [0.5, 0.6) is 11.5 Å². The fraction of sp³-hybridized carbons (Fsp3) is 0.250. The Kier molecular flexibility index (Phi) is 5.70. The largest absolute Gasteiger partial charge is 0.464 e. The van der Waals surface area contributed by atoms with Gasteiger partial charge >= 0.3 is 0 Å². The summed E-state index contributed by atoms with van der Waals surface area (Å²) in [5.41, 5.74) is 2.05. The van der Waals surface area contributed by atoms with E-state index in [1.165, 1.54) is 6.20 Å². The van der Waals surface area contributed by atoms with Gasteiger partial charge < -0.3 is 24.9 Å². The maximum Gasteiger partial charge on any atom is 0.289 e. The summed E-state index contributed by atoms with van der Waals surface area (Å²) >= 11 is 1.61. The molecule has 4 aromatic rings. The summed E-state index contributed by atoms with van der Waals surface area (Å²) in [5.74, 6) is -2.00. The third kappa shape index (κ3) is 4.10. The van der Waals surface area contributed by atoms with Crippen LogP contribution in [0.25, 0.3) is 22.2 Å². The van der Waals surface area contributed by atoms with Crippen LogP contribution in [0.4, 0.5) is 14.5 Å². The van der Waals surface area contributed by atoms with Crippen molar-refractivity contribution in [2.75, 3.05) is 25.1 Å². The number of hydrogen-bond donors (Lipinski definition) is 3. The van der Waals surface area contributed by atoms with Crippen molar-refractivity contribution in [3.8, 4) is 22.6 Å². The third-order valence-corrected chi connectivity index (χ3v) is 6.53. The number of fused-ring (bicyclic) bond motifs is 1. The van der Waals surface area contributed by atoms with Gasteiger partial charge in [0.05, 0.1) is 18.5 Å². The number of aromatic amines is 1. The summed E-state index contributed by atoms with van der Waals surface area (Å²) in [7, 11) is 0. The van der Waals surface area contributed by atoms with Crippen molar-refractivity contribution in [2.24, 2.45) is 10.4 Å². The lowest BCUT2D eigenvalue weighted by molar-refractivity contribution is 0.0706. The first-order valence-electron chi connectivity index (χ1n) is 10.6. The van der Waals surface area contributed by atoms with Crippen molar-refractivity contribution >= 4 is 34.1 Å². The molecule has 5 rings (SSSR count). The quantitative estimate of drug-likeness (QED) is 0.350. The van der Waals surface area contributed by atoms with Crippen LogP contribution in [0.15, 0.2) is 47.0 Å². The number of rotatable bonds is 5. The molecule has 3 N–H and O–H groups in total. The molecule has 0 unspecified atom stereocenters. The number of nitrogens with one attached hydrogen (secondary N) is 2. The fourth-order valence-corrected chi connectivity index (χ4v) is 4.43. The molecule has 0 aliphatic carbocycles. The number of thiophene rings is 1. The first-order chi connectivity index (χ1) is 16.4. The van der Waals surface area contributed by atoms with Gasteiger partial charge in [-0.2, -0.15) is 0 Å². The number of hydrogen-bond acceptors (Lipinski definition) is 7. The van der Waals surface area contributed by atoms with Gasteiger partial charge in [-0.3, -0.25) is 0 Å². The van der Waals surface area contributed by atoms with Crippen LogP contribution in [0, 0.1) is 24.0 Å². The molecule has 7 nitrogen and oxygen atoms in total. The minimum Gasteiger partial charge on any atom is -0.464 e. The van der Waals surface area contributed by atoms with Crippen LogP contribution in [0.3, 0.4) is 0 Å². The second kappa shape index (κ2) is 8.69. The summed E-state index contributed by atoms with van der Waals surface area (Å²) < 4.78 is 41.1. The molecule has 10 heteroatoms. The Morgan fingerprint density at radius 1 is 1.26 bits per heavy atom. The molecule has 0 radical (unpaired) electrons. The molecule has 34 heavy (non-hydrogen) atoms. The number of aliphatic hydroxyl groups is 1. The highest BCUT2D eigenvalue weighted by atomic mass is 32.1. The van der Waals surface area contributed by atoms with Crippen molar-refractivity contribution in [3.05, 3.63) is 58.6 Å². The van der Waals surface area contributed by atoms with Crippen molar-refractivity contribution in [1.82, 2.24) is 9.97 Å². The predicted octanol–water partition coefficient (Wildman–Crippen LogP) is 5.47. The summed E-state index contributed by atoms with van der Waals surface area (Å²) in [4.78, 5) is 12.7. The molecule has 0 saturated carbocycles. The number of aliphatic hydroxyl groups excluding tert-OH is 1. The second-order valence-electron chi connectivity index (χ2n) is 8.50. The molecule has 0 bridgehead atoms. The van der Waals surface area contributed by atoms with Gasteiger partial charge in [-0.15, -0.1) is 11.3 Å². The van der Waals surface area contributed by atoms with Gasteiger partial charge in [-0.05, 0) is 30.0 Å². The van der Waals surface area contributed by atoms with E-state index in [1.807, 2.05) is 31.5 Å². The molecule has 4 heterocycles. The molecule has 176 valence electrons. The molecule has 0 saturated heterocycles. The van der Waals surface area contributed by atoms with Crippen LogP contribution in [-0.4, -0.2) is 40.9 Å². The van der Waals surface area contributed by atoms with Gasteiger partial charge in [0.25, 0.3) is 6.02 Å². The smallest absolute Gasteiger partial charge is 0.289 e. The van der Waals surface area contributed by atoms with Crippen molar-refractivity contribution < 1.29 is 23.4 Å². The normalized spacial score (nSPS) is 18.0. The molecule has 1 atom stereocenters. The van der Waals surface area contributed by atoms with Crippen LogP contribution < -0.4 is 10.1 Å². The average molecular weight is 485 g/mol. The lowest BCUT2D eigenvalue weighted by Crippen LogP contribution is -2.38. The van der Waals surface area contributed by atoms with E-state index in [0.717, 1.165) is 28.1 Å². The van der Waals surface area contributed by atoms with Gasteiger partial charge in [0.2, 0.25) is 0 Å². The first-order valence-corrected chi connectivity index (χ1v) is 11.5. The van der Waals surface area contributed by atoms with E-state index in [4.69, 9.17) is 9.47 Å². The first kappa shape index (κ1) is 22.3. The van der Waals surface area contributed by atoms with Crippen molar-refractivity contribution in [2.45, 2.75) is 13.8 Å². The maximum atomic E-state index is 15.0. The number of aliphatic imine (C=N–C) groups is 1. The molecular weight excluding hydrogens is 462 g/mol. The van der Waals surface area contributed by atoms with Gasteiger partial charge in [0.15, 0.2) is 17.4 Å². The SMILES string of the molecule is Cc1sccc1-c1c[nH]c2nccc(Oc3c(F)cc(NC4=NC[C@](C)(CO)CO4)cc3F)c12. The number of nitrogens with zero attached hydrogens (tertiary/aromatic N) is 2. The van der Waals surface area contributed by atoms with Crippen LogP contribution in [-0.2, 0) is 4.74 Å². The number of benzene rings is 1. The number of halogens is 2. The maximum absolute atomic E-state index is 15.0. The Balaban J connectivity index is 1.44. The Bertz CT molecular complexity index is 1380. The molecule has 1 aromatic carbocycles. The zero-order valence-corrected chi connectivity index (χ0v) is 19.3. The Morgan fingerprint density at radius 3 is 2.71 bits per heavy atom. The number of pyridine rings is 1. The van der Waals surface area contributed by atoms with Crippen LogP contribution in [0.1, 0.15) is 11.8 Å². The van der Waals surface area contributed by atoms with E-state index in [9.17, 15) is 13.9 Å². The lowest BCUT2D eigenvalue weighted by atomic mass is 9.93. The summed E-state index contributed by atoms with van der Waals surface area (Å²) in [6, 6.07) is 5.93. The monoisotopic (exact) mass is 484 g/mol. The number of aryl methyl sites for hydroxylation is 1. The number of anilines is 1. The minimum absolute atomic E-state index is 0.0732. The average Bonchev–Trinajstić information content (AvgIpc) is 3.44. The number of aromatic nitrogens is 2. The number of ether oxygens (including phenoxy) is 2. The van der Waals surface area contributed by atoms with Gasteiger partial charge in [-0.25, -0.2) is 18.8 Å². The number of amidine groups is 1. The van der Waals surface area contributed by atoms with E-state index in [0.29, 0.717) is 17.6 Å². The van der Waals surface area contributed by atoms with E-state index >= 15 is 0 Å². The predicted molar refractivity (Wildman–Crippen MR) is 128 cm³/mol. The molecule has 3 aromatic heterocycles.